The topological polar surface area (TPSA) is 78.2 Å². The molecule has 0 spiro atoms. The number of amides is 2. The van der Waals surface area contributed by atoms with Crippen molar-refractivity contribution in [3.63, 3.8) is 0 Å². The Bertz CT molecular complexity index is 1220. The molecule has 6 rings (SSSR count). The summed E-state index contributed by atoms with van der Waals surface area (Å²) in [6, 6.07) is 2.58. The molecule has 0 bridgehead atoms. The molecule has 1 unspecified atom stereocenters. The maximum Gasteiger partial charge on any atom is 0.433 e. The van der Waals surface area contributed by atoms with Crippen LogP contribution >= 0.6 is 11.6 Å². The van der Waals surface area contributed by atoms with E-state index in [0.717, 1.165) is 44.6 Å². The smallest absolute Gasteiger partial charge is 0.393 e. The number of halogens is 4. The number of rotatable bonds is 4. The Kier molecular flexibility index (Phi) is 5.75. The Morgan fingerprint density at radius 3 is 2.36 bits per heavy atom. The molecule has 1 atom stereocenters. The first kappa shape index (κ1) is 24.0. The third-order valence-electron chi connectivity index (χ3n) is 8.13. The molecule has 0 aromatic carbocycles. The number of hydrogen-bond acceptors (Lipinski definition) is 4. The Morgan fingerprint density at radius 2 is 1.75 bits per heavy atom. The predicted octanol–water partition coefficient (Wildman–Crippen LogP) is 4.25. The van der Waals surface area contributed by atoms with E-state index in [1.807, 2.05) is 4.90 Å². The molecule has 11 heteroatoms. The largest absolute Gasteiger partial charge is 0.433 e. The normalized spacial score (nSPS) is 27.7. The minimum absolute atomic E-state index is 0.0396. The molecule has 0 radical (unpaired) electrons. The summed E-state index contributed by atoms with van der Waals surface area (Å²) in [5.41, 5.74) is -0.613. The number of aromatic nitrogens is 2. The van der Waals surface area contributed by atoms with Crippen LogP contribution in [0.3, 0.4) is 0 Å². The summed E-state index contributed by atoms with van der Waals surface area (Å²) in [6.45, 7) is 0.142. The van der Waals surface area contributed by atoms with Crippen LogP contribution in [0.5, 0.6) is 0 Å². The first-order chi connectivity index (χ1) is 17.1. The number of piperazine rings is 1. The van der Waals surface area contributed by atoms with E-state index in [-0.39, 0.29) is 52.8 Å². The second kappa shape index (κ2) is 8.62. The van der Waals surface area contributed by atoms with Crippen LogP contribution in [0.4, 0.5) is 13.2 Å². The van der Waals surface area contributed by atoms with E-state index < -0.39 is 17.8 Å². The van der Waals surface area contributed by atoms with Crippen molar-refractivity contribution in [3.05, 3.63) is 34.1 Å². The van der Waals surface area contributed by atoms with Crippen LogP contribution in [0, 0.1) is 5.92 Å². The molecule has 2 aromatic rings. The van der Waals surface area contributed by atoms with E-state index in [2.05, 4.69) is 5.10 Å². The van der Waals surface area contributed by atoms with Gasteiger partial charge in [0.2, 0.25) is 5.91 Å². The molecule has 2 aromatic heterocycles. The molecular formula is C25H28ClF3N4O3. The molecule has 1 N–H and O–H groups in total. The van der Waals surface area contributed by atoms with Crippen molar-refractivity contribution < 1.29 is 27.9 Å². The Labute approximate surface area is 211 Å². The van der Waals surface area contributed by atoms with Crippen LogP contribution < -0.4 is 0 Å². The highest BCUT2D eigenvalue weighted by atomic mass is 35.5. The van der Waals surface area contributed by atoms with Gasteiger partial charge in [0.1, 0.15) is 12.2 Å². The maximum atomic E-state index is 13.9. The summed E-state index contributed by atoms with van der Waals surface area (Å²) in [4.78, 5) is 30.1. The van der Waals surface area contributed by atoms with Crippen LogP contribution in [0.15, 0.2) is 12.1 Å². The van der Waals surface area contributed by atoms with Gasteiger partial charge in [-0.2, -0.15) is 18.3 Å². The number of fused-ring (bicyclic) bond motifs is 1. The number of nitrogens with zero attached hydrogens (tertiary/aromatic N) is 4. The average Bonchev–Trinajstić information content (AvgIpc) is 3.75. The lowest BCUT2D eigenvalue weighted by Crippen LogP contribution is -2.62. The van der Waals surface area contributed by atoms with Crippen molar-refractivity contribution in [2.75, 3.05) is 13.1 Å². The number of alkyl halides is 3. The van der Waals surface area contributed by atoms with Crippen molar-refractivity contribution in [2.24, 2.45) is 5.92 Å². The Hall–Kier alpha value is -2.33. The summed E-state index contributed by atoms with van der Waals surface area (Å²) >= 11 is 6.48. The number of carbonyl (C=O) groups is 2. The van der Waals surface area contributed by atoms with E-state index in [9.17, 15) is 27.9 Å². The number of aliphatic hydroxyl groups excluding tert-OH is 1. The van der Waals surface area contributed by atoms with Crippen molar-refractivity contribution in [1.82, 2.24) is 19.4 Å². The molecule has 3 heterocycles. The van der Waals surface area contributed by atoms with Gasteiger partial charge < -0.3 is 14.9 Å². The zero-order chi connectivity index (χ0) is 25.4. The third kappa shape index (κ3) is 4.26. The van der Waals surface area contributed by atoms with Gasteiger partial charge in [0.05, 0.1) is 22.7 Å². The molecular weight excluding hydrogens is 497 g/mol. The van der Waals surface area contributed by atoms with Crippen molar-refractivity contribution >= 4 is 28.9 Å². The minimum atomic E-state index is -4.66. The van der Waals surface area contributed by atoms with Crippen LogP contribution in [0.2, 0.25) is 5.02 Å². The van der Waals surface area contributed by atoms with Gasteiger partial charge in [0, 0.05) is 12.6 Å². The van der Waals surface area contributed by atoms with Gasteiger partial charge in [0.15, 0.2) is 5.69 Å². The quantitative estimate of drug-likeness (QED) is 0.648. The van der Waals surface area contributed by atoms with E-state index in [4.69, 9.17) is 11.6 Å². The molecule has 1 saturated heterocycles. The standard InChI is InChI=1S/C25H28ClF3N4O3/c26-22-18-9-15(13-1-2-13)10-20(25(27,28)29)33(18)30-23(22)24(36)31-11-19(14-3-4-14)32(21(35)12-31)16-5-7-17(34)8-6-16/h9-10,13-14,16-17,19,34H,1-8,11-12H2. The first-order valence-electron chi connectivity index (χ1n) is 12.7. The highest BCUT2D eigenvalue weighted by Gasteiger charge is 2.47. The Morgan fingerprint density at radius 1 is 1.06 bits per heavy atom. The van der Waals surface area contributed by atoms with Crippen LogP contribution in [-0.2, 0) is 11.0 Å². The lowest BCUT2D eigenvalue weighted by molar-refractivity contribution is -0.144. The molecule has 4 fully saturated rings. The SMILES string of the molecule is O=C(c1nn2c(C(F)(F)F)cc(C3CC3)cc2c1Cl)N1CC(=O)N(C2CCC(O)CC2)C(C2CC2)C1. The van der Waals surface area contributed by atoms with Gasteiger partial charge in [-0.05, 0) is 80.9 Å². The van der Waals surface area contributed by atoms with Gasteiger partial charge in [-0.3, -0.25) is 9.59 Å². The zero-order valence-corrected chi connectivity index (χ0v) is 20.4. The van der Waals surface area contributed by atoms with Crippen molar-refractivity contribution in [3.8, 4) is 0 Å². The zero-order valence-electron chi connectivity index (χ0n) is 19.7. The molecule has 3 saturated carbocycles. The molecule has 36 heavy (non-hydrogen) atoms. The average molecular weight is 525 g/mol. The monoisotopic (exact) mass is 524 g/mol. The highest BCUT2D eigenvalue weighted by Crippen LogP contribution is 2.44. The summed E-state index contributed by atoms with van der Waals surface area (Å²) in [5, 5.41) is 13.8. The predicted molar refractivity (Wildman–Crippen MR) is 125 cm³/mol. The van der Waals surface area contributed by atoms with E-state index in [1.165, 1.54) is 4.90 Å². The molecule has 7 nitrogen and oxygen atoms in total. The van der Waals surface area contributed by atoms with Crippen LogP contribution in [0.1, 0.15) is 79.0 Å². The summed E-state index contributed by atoms with van der Waals surface area (Å²) in [7, 11) is 0. The van der Waals surface area contributed by atoms with Crippen LogP contribution in [-0.4, -0.2) is 67.6 Å². The van der Waals surface area contributed by atoms with Gasteiger partial charge in [0.25, 0.3) is 5.91 Å². The minimum Gasteiger partial charge on any atom is -0.393 e. The molecule has 4 aliphatic rings. The van der Waals surface area contributed by atoms with Gasteiger partial charge in [-0.1, -0.05) is 11.6 Å². The summed E-state index contributed by atoms with van der Waals surface area (Å²) < 4.78 is 42.3. The number of carbonyl (C=O) groups excluding carboxylic acids is 2. The number of aliphatic hydroxyl groups is 1. The lowest BCUT2D eigenvalue weighted by atomic mass is 9.89. The number of pyridine rings is 1. The van der Waals surface area contributed by atoms with E-state index in [1.54, 1.807) is 6.07 Å². The van der Waals surface area contributed by atoms with Crippen molar-refractivity contribution in [1.29, 1.82) is 0 Å². The van der Waals surface area contributed by atoms with Crippen LogP contribution in [0.25, 0.3) is 5.52 Å². The van der Waals surface area contributed by atoms with Crippen molar-refractivity contribution in [2.45, 2.75) is 81.6 Å². The summed E-state index contributed by atoms with van der Waals surface area (Å²) in [6.07, 6.45) is 1.34. The first-order valence-corrected chi connectivity index (χ1v) is 13.1. The second-order valence-electron chi connectivity index (χ2n) is 10.8. The molecule has 2 amide bonds. The lowest BCUT2D eigenvalue weighted by Gasteiger charge is -2.46. The van der Waals surface area contributed by atoms with Gasteiger partial charge >= 0.3 is 6.18 Å². The fourth-order valence-electron chi connectivity index (χ4n) is 5.91. The van der Waals surface area contributed by atoms with Gasteiger partial charge in [-0.25, -0.2) is 4.52 Å². The maximum absolute atomic E-state index is 13.9. The third-order valence-corrected chi connectivity index (χ3v) is 8.50. The molecule has 1 aliphatic heterocycles. The highest BCUT2D eigenvalue weighted by molar-refractivity contribution is 6.36. The second-order valence-corrected chi connectivity index (χ2v) is 11.1. The Balaban J connectivity index is 1.31. The molecule has 194 valence electrons. The fourth-order valence-corrected chi connectivity index (χ4v) is 6.16. The fraction of sp³-hybridized carbons (Fsp3) is 0.640. The number of hydrogen-bond donors (Lipinski definition) is 1. The van der Waals surface area contributed by atoms with E-state index in [0.29, 0.717) is 35.4 Å². The van der Waals surface area contributed by atoms with Gasteiger partial charge in [-0.15, -0.1) is 0 Å². The summed E-state index contributed by atoms with van der Waals surface area (Å²) in [5.74, 6) is -0.430. The van der Waals surface area contributed by atoms with E-state index >= 15 is 0 Å². The molecule has 3 aliphatic carbocycles.